The second-order valence-electron chi connectivity index (χ2n) is 7.30. The molecule has 1 heterocycles. The molecule has 0 aliphatic carbocycles. The van der Waals surface area contributed by atoms with E-state index in [9.17, 15) is 4.79 Å². The third-order valence-electron chi connectivity index (χ3n) is 4.63. The Balaban J connectivity index is 1.57. The van der Waals surface area contributed by atoms with E-state index in [0.717, 1.165) is 22.5 Å². The van der Waals surface area contributed by atoms with Gasteiger partial charge in [0.05, 0.1) is 18.5 Å². The molecule has 0 atom stereocenters. The molecule has 0 aliphatic heterocycles. The van der Waals surface area contributed by atoms with Crippen LogP contribution < -0.4 is 5.43 Å². The average Bonchev–Trinajstić information content (AvgIpc) is 2.99. The SMILES string of the molecule is Cc1cc(C)n(Cc2ccc(C(=O)N/N=C/c3ccc(C(C)C)cc3)cc2)n1. The monoisotopic (exact) mass is 374 g/mol. The van der Waals surface area contributed by atoms with E-state index >= 15 is 0 Å². The molecule has 0 spiro atoms. The van der Waals surface area contributed by atoms with Crippen molar-refractivity contribution in [2.45, 2.75) is 40.2 Å². The van der Waals surface area contributed by atoms with E-state index in [0.29, 0.717) is 18.0 Å². The van der Waals surface area contributed by atoms with Crippen molar-refractivity contribution in [3.63, 3.8) is 0 Å². The van der Waals surface area contributed by atoms with E-state index in [4.69, 9.17) is 0 Å². The molecule has 3 rings (SSSR count). The Bertz CT molecular complexity index is 967. The number of aromatic nitrogens is 2. The lowest BCUT2D eigenvalue weighted by atomic mass is 10.0. The summed E-state index contributed by atoms with van der Waals surface area (Å²) in [6, 6.07) is 17.7. The molecule has 0 aliphatic rings. The first-order valence-corrected chi connectivity index (χ1v) is 9.46. The Morgan fingerprint density at radius 3 is 2.36 bits per heavy atom. The van der Waals surface area contributed by atoms with Gasteiger partial charge in [0.2, 0.25) is 0 Å². The van der Waals surface area contributed by atoms with Gasteiger partial charge in [-0.2, -0.15) is 10.2 Å². The normalized spacial score (nSPS) is 11.3. The van der Waals surface area contributed by atoms with Crippen LogP contribution in [0, 0.1) is 13.8 Å². The highest BCUT2D eigenvalue weighted by molar-refractivity contribution is 5.94. The smallest absolute Gasteiger partial charge is 0.267 e. The summed E-state index contributed by atoms with van der Waals surface area (Å²) >= 11 is 0. The maximum Gasteiger partial charge on any atom is 0.271 e. The van der Waals surface area contributed by atoms with Crippen LogP contribution in [0.2, 0.25) is 0 Å². The quantitative estimate of drug-likeness (QED) is 0.512. The summed E-state index contributed by atoms with van der Waals surface area (Å²) in [6.45, 7) is 9.02. The number of benzene rings is 2. The van der Waals surface area contributed by atoms with Crippen LogP contribution >= 0.6 is 0 Å². The predicted molar refractivity (Wildman–Crippen MR) is 113 cm³/mol. The van der Waals surface area contributed by atoms with E-state index in [1.54, 1.807) is 6.21 Å². The second-order valence-corrected chi connectivity index (χ2v) is 7.30. The van der Waals surface area contributed by atoms with Crippen molar-refractivity contribution in [2.24, 2.45) is 5.10 Å². The number of hydrogen-bond donors (Lipinski definition) is 1. The van der Waals surface area contributed by atoms with Crippen molar-refractivity contribution < 1.29 is 4.79 Å². The van der Waals surface area contributed by atoms with Gasteiger partial charge < -0.3 is 0 Å². The summed E-state index contributed by atoms with van der Waals surface area (Å²) in [5, 5.41) is 8.52. The van der Waals surface area contributed by atoms with Crippen molar-refractivity contribution in [1.29, 1.82) is 0 Å². The Kier molecular flexibility index (Phi) is 6.04. The first-order chi connectivity index (χ1) is 13.4. The minimum Gasteiger partial charge on any atom is -0.267 e. The van der Waals surface area contributed by atoms with Gasteiger partial charge >= 0.3 is 0 Å². The lowest BCUT2D eigenvalue weighted by Crippen LogP contribution is -2.17. The fourth-order valence-electron chi connectivity index (χ4n) is 2.97. The Hall–Kier alpha value is -3.21. The summed E-state index contributed by atoms with van der Waals surface area (Å²) < 4.78 is 1.96. The van der Waals surface area contributed by atoms with Crippen LogP contribution in [0.1, 0.15) is 58.2 Å². The standard InChI is InChI=1S/C23H26N4O/c1-16(2)21-9-5-19(6-10-21)14-24-25-23(28)22-11-7-20(8-12-22)15-27-18(4)13-17(3)26-27/h5-14,16H,15H2,1-4H3,(H,25,28)/b24-14+. The maximum atomic E-state index is 12.3. The molecule has 144 valence electrons. The minimum absolute atomic E-state index is 0.229. The lowest BCUT2D eigenvalue weighted by Gasteiger charge is -2.06. The van der Waals surface area contributed by atoms with Gasteiger partial charge in [-0.25, -0.2) is 5.43 Å². The Labute approximate surface area is 166 Å². The predicted octanol–water partition coefficient (Wildman–Crippen LogP) is 4.44. The van der Waals surface area contributed by atoms with E-state index < -0.39 is 0 Å². The molecule has 1 amide bonds. The zero-order valence-corrected chi connectivity index (χ0v) is 16.8. The molecule has 2 aromatic carbocycles. The molecule has 5 nitrogen and oxygen atoms in total. The van der Waals surface area contributed by atoms with Crippen molar-refractivity contribution in [3.05, 3.63) is 88.2 Å². The summed E-state index contributed by atoms with van der Waals surface area (Å²) in [5.41, 5.74) is 8.60. The highest BCUT2D eigenvalue weighted by atomic mass is 16.2. The largest absolute Gasteiger partial charge is 0.271 e. The molecule has 0 bridgehead atoms. The van der Waals surface area contributed by atoms with Gasteiger partial charge in [-0.1, -0.05) is 50.2 Å². The first kappa shape index (κ1) is 19.5. The minimum atomic E-state index is -0.229. The number of nitrogens with zero attached hydrogens (tertiary/aromatic N) is 3. The summed E-state index contributed by atoms with van der Waals surface area (Å²) in [5.74, 6) is 0.266. The molecule has 3 aromatic rings. The van der Waals surface area contributed by atoms with Gasteiger partial charge in [-0.3, -0.25) is 9.48 Å². The van der Waals surface area contributed by atoms with Crippen molar-refractivity contribution in [3.8, 4) is 0 Å². The van der Waals surface area contributed by atoms with Crippen LogP contribution in [-0.4, -0.2) is 21.9 Å². The summed E-state index contributed by atoms with van der Waals surface area (Å²) in [7, 11) is 0. The molecule has 0 radical (unpaired) electrons. The van der Waals surface area contributed by atoms with Crippen LogP contribution in [0.5, 0.6) is 0 Å². The van der Waals surface area contributed by atoms with Gasteiger partial charge in [0, 0.05) is 11.3 Å². The number of hydrazone groups is 1. The molecule has 5 heteroatoms. The molecule has 0 saturated heterocycles. The number of nitrogens with one attached hydrogen (secondary N) is 1. The number of carbonyl (C=O) groups is 1. The maximum absolute atomic E-state index is 12.3. The van der Waals surface area contributed by atoms with Gasteiger partial charge in [0.1, 0.15) is 0 Å². The van der Waals surface area contributed by atoms with Crippen molar-refractivity contribution in [1.82, 2.24) is 15.2 Å². The number of aryl methyl sites for hydroxylation is 2. The van der Waals surface area contributed by atoms with Gasteiger partial charge in [0.25, 0.3) is 5.91 Å². The molecule has 0 saturated carbocycles. The summed E-state index contributed by atoms with van der Waals surface area (Å²) in [6.07, 6.45) is 1.65. The summed E-state index contributed by atoms with van der Waals surface area (Å²) in [4.78, 5) is 12.3. The van der Waals surface area contributed by atoms with Crippen molar-refractivity contribution in [2.75, 3.05) is 0 Å². The lowest BCUT2D eigenvalue weighted by molar-refractivity contribution is 0.0955. The number of carbonyl (C=O) groups excluding carboxylic acids is 1. The van der Waals surface area contributed by atoms with Gasteiger partial charge in [-0.05, 0) is 54.7 Å². The number of amides is 1. The average molecular weight is 374 g/mol. The zero-order chi connectivity index (χ0) is 20.1. The van der Waals surface area contributed by atoms with Crippen LogP contribution in [0.3, 0.4) is 0 Å². The molecule has 0 unspecified atom stereocenters. The number of rotatable bonds is 6. The van der Waals surface area contributed by atoms with Gasteiger partial charge in [0.15, 0.2) is 0 Å². The van der Waals surface area contributed by atoms with Crippen LogP contribution in [0.15, 0.2) is 59.7 Å². The molecular formula is C23H26N4O. The highest BCUT2D eigenvalue weighted by Crippen LogP contribution is 2.14. The fraction of sp³-hybridized carbons (Fsp3) is 0.261. The molecule has 0 fully saturated rings. The Morgan fingerprint density at radius 1 is 1.11 bits per heavy atom. The fourth-order valence-corrected chi connectivity index (χ4v) is 2.97. The van der Waals surface area contributed by atoms with E-state index in [1.807, 2.05) is 54.9 Å². The van der Waals surface area contributed by atoms with E-state index in [1.165, 1.54) is 5.56 Å². The van der Waals surface area contributed by atoms with Crippen LogP contribution in [-0.2, 0) is 6.54 Å². The topological polar surface area (TPSA) is 59.3 Å². The second kappa shape index (κ2) is 8.65. The Morgan fingerprint density at radius 2 is 1.79 bits per heavy atom. The third-order valence-corrected chi connectivity index (χ3v) is 4.63. The van der Waals surface area contributed by atoms with Crippen LogP contribution in [0.4, 0.5) is 0 Å². The molecular weight excluding hydrogens is 348 g/mol. The third kappa shape index (κ3) is 4.94. The molecule has 1 aromatic heterocycles. The highest BCUT2D eigenvalue weighted by Gasteiger charge is 2.06. The number of hydrogen-bond acceptors (Lipinski definition) is 3. The van der Waals surface area contributed by atoms with Crippen molar-refractivity contribution >= 4 is 12.1 Å². The van der Waals surface area contributed by atoms with Gasteiger partial charge in [-0.15, -0.1) is 0 Å². The zero-order valence-electron chi connectivity index (χ0n) is 16.8. The van der Waals surface area contributed by atoms with E-state index in [-0.39, 0.29) is 5.91 Å². The first-order valence-electron chi connectivity index (χ1n) is 9.46. The van der Waals surface area contributed by atoms with Crippen LogP contribution in [0.25, 0.3) is 0 Å². The van der Waals surface area contributed by atoms with E-state index in [2.05, 4.69) is 47.7 Å². The molecule has 28 heavy (non-hydrogen) atoms. The molecule has 1 N–H and O–H groups in total.